The first kappa shape index (κ1) is 14.9. The average molecular weight is 283 g/mol. The van der Waals surface area contributed by atoms with Crippen LogP contribution >= 0.6 is 0 Å². The third kappa shape index (κ3) is 2.83. The van der Waals surface area contributed by atoms with E-state index in [-0.39, 0.29) is 5.91 Å². The summed E-state index contributed by atoms with van der Waals surface area (Å²) in [7, 11) is 1.48. The summed E-state index contributed by atoms with van der Waals surface area (Å²) in [6.07, 6.45) is 3.92. The van der Waals surface area contributed by atoms with Gasteiger partial charge < -0.3 is 10.1 Å². The number of hydrogen-bond donors (Lipinski definition) is 1. The second-order valence-electron chi connectivity index (χ2n) is 5.20. The molecular formula is C16H17N3O2. The fraction of sp³-hybridized carbons (Fsp3) is 0.438. The van der Waals surface area contributed by atoms with Crippen molar-refractivity contribution in [2.75, 3.05) is 12.4 Å². The molecule has 0 aromatic heterocycles. The molecule has 0 aliphatic heterocycles. The lowest BCUT2D eigenvalue weighted by molar-refractivity contribution is -0.124. The van der Waals surface area contributed by atoms with Gasteiger partial charge in [-0.25, -0.2) is 0 Å². The largest absolute Gasteiger partial charge is 0.495 e. The van der Waals surface area contributed by atoms with Crippen molar-refractivity contribution in [1.29, 1.82) is 10.5 Å². The highest BCUT2D eigenvalue weighted by Crippen LogP contribution is 2.38. The Kier molecular flexibility index (Phi) is 4.45. The molecular weight excluding hydrogens is 266 g/mol. The summed E-state index contributed by atoms with van der Waals surface area (Å²) in [6, 6.07) is 9.18. The molecule has 0 spiro atoms. The standard InChI is InChI=1S/C16H17N3O2/c1-21-13-7-5-6-12(10-17)14(13)19-15(20)16(11-18)8-3-2-4-9-16/h5-7H,2-4,8-9H2,1H3,(H,19,20). The normalized spacial score (nSPS) is 16.3. The molecule has 0 unspecified atom stereocenters. The molecule has 1 fully saturated rings. The van der Waals surface area contributed by atoms with Crippen molar-refractivity contribution < 1.29 is 9.53 Å². The summed E-state index contributed by atoms with van der Waals surface area (Å²) in [6.45, 7) is 0. The van der Waals surface area contributed by atoms with Crippen molar-refractivity contribution in [2.45, 2.75) is 32.1 Å². The van der Waals surface area contributed by atoms with Gasteiger partial charge >= 0.3 is 0 Å². The second kappa shape index (κ2) is 6.28. The predicted molar refractivity (Wildman–Crippen MR) is 77.5 cm³/mol. The number of ether oxygens (including phenoxy) is 1. The van der Waals surface area contributed by atoms with Crippen LogP contribution in [-0.4, -0.2) is 13.0 Å². The van der Waals surface area contributed by atoms with Gasteiger partial charge in [0.15, 0.2) is 0 Å². The number of rotatable bonds is 3. The van der Waals surface area contributed by atoms with Gasteiger partial charge in [0, 0.05) is 0 Å². The Morgan fingerprint density at radius 3 is 2.57 bits per heavy atom. The Hall–Kier alpha value is -2.53. The van der Waals surface area contributed by atoms with Gasteiger partial charge in [-0.2, -0.15) is 10.5 Å². The van der Waals surface area contributed by atoms with Crippen LogP contribution in [0.4, 0.5) is 5.69 Å². The molecule has 1 aromatic carbocycles. The van der Waals surface area contributed by atoms with Crippen LogP contribution in [0, 0.1) is 28.1 Å². The lowest BCUT2D eigenvalue weighted by atomic mass is 9.74. The molecule has 5 nitrogen and oxygen atoms in total. The number of nitrogens with zero attached hydrogens (tertiary/aromatic N) is 2. The minimum Gasteiger partial charge on any atom is -0.495 e. The van der Waals surface area contributed by atoms with E-state index >= 15 is 0 Å². The summed E-state index contributed by atoms with van der Waals surface area (Å²) < 4.78 is 5.19. The van der Waals surface area contributed by atoms with Crippen molar-refractivity contribution in [3.05, 3.63) is 23.8 Å². The minimum absolute atomic E-state index is 0.326. The molecule has 0 atom stereocenters. The first-order valence-corrected chi connectivity index (χ1v) is 6.96. The maximum atomic E-state index is 12.6. The van der Waals surface area contributed by atoms with Crippen molar-refractivity contribution in [3.63, 3.8) is 0 Å². The summed E-state index contributed by atoms with van der Waals surface area (Å²) in [5.74, 6) is 0.0806. The summed E-state index contributed by atoms with van der Waals surface area (Å²) in [4.78, 5) is 12.6. The Morgan fingerprint density at radius 1 is 1.29 bits per heavy atom. The van der Waals surface area contributed by atoms with Gasteiger partial charge in [-0.1, -0.05) is 25.3 Å². The number of amides is 1. The van der Waals surface area contributed by atoms with Gasteiger partial charge in [-0.3, -0.25) is 4.79 Å². The fourth-order valence-electron chi connectivity index (χ4n) is 2.70. The smallest absolute Gasteiger partial charge is 0.244 e. The van der Waals surface area contributed by atoms with Gasteiger partial charge in [0.25, 0.3) is 0 Å². The molecule has 0 bridgehead atoms. The molecule has 1 aliphatic carbocycles. The Bertz CT molecular complexity index is 619. The quantitative estimate of drug-likeness (QED) is 0.924. The monoisotopic (exact) mass is 283 g/mol. The summed E-state index contributed by atoms with van der Waals surface area (Å²) >= 11 is 0. The zero-order chi connectivity index (χ0) is 15.3. The Balaban J connectivity index is 2.32. The van der Waals surface area contributed by atoms with Crippen LogP contribution < -0.4 is 10.1 Å². The van der Waals surface area contributed by atoms with Crippen LogP contribution in [0.3, 0.4) is 0 Å². The van der Waals surface area contributed by atoms with Crippen LogP contribution in [0.15, 0.2) is 18.2 Å². The van der Waals surface area contributed by atoms with E-state index in [4.69, 9.17) is 10.00 Å². The van der Waals surface area contributed by atoms with Crippen molar-refractivity contribution in [1.82, 2.24) is 0 Å². The van der Waals surface area contributed by atoms with Crippen LogP contribution in [0.1, 0.15) is 37.7 Å². The first-order chi connectivity index (χ1) is 10.2. The lowest BCUT2D eigenvalue weighted by Crippen LogP contribution is -2.37. The lowest BCUT2D eigenvalue weighted by Gasteiger charge is -2.29. The summed E-state index contributed by atoms with van der Waals surface area (Å²) in [5.41, 5.74) is -0.328. The number of benzene rings is 1. The molecule has 21 heavy (non-hydrogen) atoms. The molecule has 0 heterocycles. The van der Waals surface area contributed by atoms with E-state index in [1.807, 2.05) is 6.07 Å². The van der Waals surface area contributed by atoms with Gasteiger partial charge in [-0.05, 0) is 25.0 Å². The number of carbonyl (C=O) groups excluding carboxylic acids is 1. The van der Waals surface area contributed by atoms with Crippen LogP contribution in [0.2, 0.25) is 0 Å². The van der Waals surface area contributed by atoms with Gasteiger partial charge in [0.2, 0.25) is 5.91 Å². The minimum atomic E-state index is -0.994. The molecule has 2 rings (SSSR count). The molecule has 1 N–H and O–H groups in total. The van der Waals surface area contributed by atoms with E-state index in [2.05, 4.69) is 11.4 Å². The van der Waals surface area contributed by atoms with E-state index in [1.165, 1.54) is 7.11 Å². The Morgan fingerprint density at radius 2 is 2.00 bits per heavy atom. The summed E-state index contributed by atoms with van der Waals surface area (Å²) in [5, 5.41) is 21.3. The topological polar surface area (TPSA) is 85.9 Å². The number of anilines is 1. The van der Waals surface area contributed by atoms with Crippen molar-refractivity contribution in [2.24, 2.45) is 5.41 Å². The van der Waals surface area contributed by atoms with Gasteiger partial charge in [0.05, 0.1) is 18.7 Å². The molecule has 0 saturated heterocycles. The second-order valence-corrected chi connectivity index (χ2v) is 5.20. The zero-order valence-corrected chi connectivity index (χ0v) is 12.0. The number of carbonyl (C=O) groups is 1. The van der Waals surface area contributed by atoms with E-state index in [9.17, 15) is 10.1 Å². The molecule has 1 aromatic rings. The molecule has 0 radical (unpaired) electrons. The van der Waals surface area contributed by atoms with E-state index in [0.717, 1.165) is 19.3 Å². The highest BCUT2D eigenvalue weighted by atomic mass is 16.5. The fourth-order valence-corrected chi connectivity index (χ4v) is 2.70. The molecule has 1 aliphatic rings. The third-order valence-corrected chi connectivity index (χ3v) is 3.96. The number of hydrogen-bond acceptors (Lipinski definition) is 4. The van der Waals surface area contributed by atoms with Gasteiger partial charge in [0.1, 0.15) is 22.9 Å². The number of para-hydroxylation sites is 1. The first-order valence-electron chi connectivity index (χ1n) is 6.96. The molecule has 1 saturated carbocycles. The predicted octanol–water partition coefficient (Wildman–Crippen LogP) is 2.98. The van der Waals surface area contributed by atoms with E-state index in [1.54, 1.807) is 18.2 Å². The average Bonchev–Trinajstić information content (AvgIpc) is 2.55. The van der Waals surface area contributed by atoms with Crippen LogP contribution in [0.5, 0.6) is 5.75 Å². The van der Waals surface area contributed by atoms with Crippen molar-refractivity contribution >= 4 is 11.6 Å². The number of nitriles is 2. The SMILES string of the molecule is COc1cccc(C#N)c1NC(=O)C1(C#N)CCCCC1. The van der Waals surface area contributed by atoms with Crippen LogP contribution in [0.25, 0.3) is 0 Å². The Labute approximate surface area is 124 Å². The molecule has 1 amide bonds. The van der Waals surface area contributed by atoms with Gasteiger partial charge in [-0.15, -0.1) is 0 Å². The molecule has 5 heteroatoms. The third-order valence-electron chi connectivity index (χ3n) is 3.96. The van der Waals surface area contributed by atoms with E-state index in [0.29, 0.717) is 29.8 Å². The number of nitrogens with one attached hydrogen (secondary N) is 1. The van der Waals surface area contributed by atoms with Crippen LogP contribution in [-0.2, 0) is 4.79 Å². The highest BCUT2D eigenvalue weighted by Gasteiger charge is 2.40. The highest BCUT2D eigenvalue weighted by molar-refractivity contribution is 5.99. The maximum Gasteiger partial charge on any atom is 0.244 e. The number of methoxy groups -OCH3 is 1. The van der Waals surface area contributed by atoms with E-state index < -0.39 is 5.41 Å². The molecule has 108 valence electrons. The zero-order valence-electron chi connectivity index (χ0n) is 12.0. The maximum absolute atomic E-state index is 12.6. The van der Waals surface area contributed by atoms with Crippen molar-refractivity contribution in [3.8, 4) is 17.9 Å².